The molecule has 0 heterocycles. The predicted molar refractivity (Wildman–Crippen MR) is 58.4 cm³/mol. The zero-order valence-corrected chi connectivity index (χ0v) is 9.47. The Labute approximate surface area is 83.5 Å². The van der Waals surface area contributed by atoms with Crippen LogP contribution in [0.3, 0.4) is 0 Å². The number of rotatable bonds is 5. The summed E-state index contributed by atoms with van der Waals surface area (Å²) in [5.74, 6) is 1.00. The van der Waals surface area contributed by atoms with Gasteiger partial charge in [0.15, 0.2) is 0 Å². The lowest BCUT2D eigenvalue weighted by Crippen LogP contribution is -2.27. The molecule has 0 aromatic heterocycles. The van der Waals surface area contributed by atoms with Crippen LogP contribution < -0.4 is 0 Å². The van der Waals surface area contributed by atoms with E-state index in [0.29, 0.717) is 0 Å². The van der Waals surface area contributed by atoms with Gasteiger partial charge >= 0.3 is 0 Å². The summed E-state index contributed by atoms with van der Waals surface area (Å²) < 4.78 is 0. The van der Waals surface area contributed by atoms with Gasteiger partial charge < -0.3 is 0 Å². The first-order chi connectivity index (χ1) is 6.27. The lowest BCUT2D eigenvalue weighted by Gasteiger charge is -2.27. The van der Waals surface area contributed by atoms with Crippen molar-refractivity contribution >= 4 is 0 Å². The third-order valence-corrected chi connectivity index (χ3v) is 3.36. The molecular formula is C12H24N. The molecule has 0 bridgehead atoms. The molecule has 1 rings (SSSR count). The molecule has 0 unspecified atom stereocenters. The van der Waals surface area contributed by atoms with E-state index in [-0.39, 0.29) is 0 Å². The molecule has 1 radical (unpaired) electrons. The van der Waals surface area contributed by atoms with Crippen LogP contribution in [0.1, 0.15) is 52.9 Å². The summed E-state index contributed by atoms with van der Waals surface area (Å²) in [5.41, 5.74) is 0. The molecule has 0 spiro atoms. The summed E-state index contributed by atoms with van der Waals surface area (Å²) in [7, 11) is 0. The van der Waals surface area contributed by atoms with E-state index >= 15 is 0 Å². The van der Waals surface area contributed by atoms with Crippen molar-refractivity contribution in [2.24, 2.45) is 5.92 Å². The van der Waals surface area contributed by atoms with Crippen LogP contribution in [-0.4, -0.2) is 18.0 Å². The maximum absolute atomic E-state index is 2.50. The van der Waals surface area contributed by atoms with Crippen molar-refractivity contribution in [3.8, 4) is 0 Å². The molecule has 0 N–H and O–H groups in total. The van der Waals surface area contributed by atoms with E-state index < -0.39 is 0 Å². The molecule has 1 fully saturated rings. The molecule has 1 aliphatic rings. The van der Waals surface area contributed by atoms with Crippen LogP contribution in [-0.2, 0) is 0 Å². The van der Waals surface area contributed by atoms with Crippen molar-refractivity contribution in [3.63, 3.8) is 0 Å². The molecule has 0 aromatic rings. The molecule has 77 valence electrons. The third-order valence-electron chi connectivity index (χ3n) is 3.36. The summed E-state index contributed by atoms with van der Waals surface area (Å²) in [6.45, 7) is 9.17. The average molecular weight is 182 g/mol. The molecule has 0 aromatic carbocycles. The van der Waals surface area contributed by atoms with Gasteiger partial charge in [-0.15, -0.1) is 0 Å². The molecule has 0 atom stereocenters. The van der Waals surface area contributed by atoms with Crippen LogP contribution >= 0.6 is 0 Å². The van der Waals surface area contributed by atoms with Gasteiger partial charge in [0, 0.05) is 6.04 Å². The smallest absolute Gasteiger partial charge is 0.0364 e. The third kappa shape index (κ3) is 3.30. The molecule has 13 heavy (non-hydrogen) atoms. The van der Waals surface area contributed by atoms with Gasteiger partial charge in [0.2, 0.25) is 0 Å². The quantitative estimate of drug-likeness (QED) is 0.629. The molecule has 0 saturated heterocycles. The van der Waals surface area contributed by atoms with Crippen molar-refractivity contribution in [3.05, 3.63) is 6.04 Å². The summed E-state index contributed by atoms with van der Waals surface area (Å²) in [6.07, 6.45) is 7.23. The number of hydrogen-bond acceptors (Lipinski definition) is 1. The van der Waals surface area contributed by atoms with E-state index in [1.165, 1.54) is 45.2 Å². The second kappa shape index (κ2) is 5.64. The Morgan fingerprint density at radius 3 is 2.15 bits per heavy atom. The highest BCUT2D eigenvalue weighted by atomic mass is 15.1. The average Bonchev–Trinajstić information content (AvgIpc) is 2.59. The molecular weight excluding hydrogens is 158 g/mol. The van der Waals surface area contributed by atoms with Gasteiger partial charge in [0.05, 0.1) is 0 Å². The number of nitrogens with zero attached hydrogens (tertiary/aromatic N) is 1. The lowest BCUT2D eigenvalue weighted by atomic mass is 9.98. The van der Waals surface area contributed by atoms with Gasteiger partial charge in [-0.1, -0.05) is 39.5 Å². The fourth-order valence-electron chi connectivity index (χ4n) is 2.52. The van der Waals surface area contributed by atoms with Crippen LogP contribution in [0.5, 0.6) is 0 Å². The normalized spacial score (nSPS) is 19.2. The van der Waals surface area contributed by atoms with Crippen molar-refractivity contribution in [1.29, 1.82) is 0 Å². The van der Waals surface area contributed by atoms with E-state index in [0.717, 1.165) is 5.92 Å². The van der Waals surface area contributed by atoms with Crippen LogP contribution in [0.2, 0.25) is 0 Å². The van der Waals surface area contributed by atoms with Gasteiger partial charge in [-0.05, 0) is 32.4 Å². The minimum absolute atomic E-state index is 1.00. The highest BCUT2D eigenvalue weighted by Gasteiger charge is 2.20. The van der Waals surface area contributed by atoms with Gasteiger partial charge in [0.25, 0.3) is 0 Å². The highest BCUT2D eigenvalue weighted by Crippen LogP contribution is 2.31. The van der Waals surface area contributed by atoms with Crippen molar-refractivity contribution in [1.82, 2.24) is 4.90 Å². The Hall–Kier alpha value is -0.0400. The minimum Gasteiger partial charge on any atom is -0.297 e. The molecule has 1 heteroatoms. The minimum atomic E-state index is 1.00. The maximum atomic E-state index is 2.50. The standard InChI is InChI=1S/C12H24N/c1-4-13(5-2)11(3)10-12-8-6-7-9-12/h12H,4-10H2,1-3H3. The lowest BCUT2D eigenvalue weighted by molar-refractivity contribution is 0.282. The van der Waals surface area contributed by atoms with Crippen LogP contribution in [0, 0.1) is 12.0 Å². The topological polar surface area (TPSA) is 3.24 Å². The Morgan fingerprint density at radius 1 is 1.15 bits per heavy atom. The van der Waals surface area contributed by atoms with Gasteiger partial charge in [-0.2, -0.15) is 0 Å². The zero-order valence-electron chi connectivity index (χ0n) is 9.47. The van der Waals surface area contributed by atoms with Gasteiger partial charge in [-0.3, -0.25) is 4.90 Å². The highest BCUT2D eigenvalue weighted by molar-refractivity contribution is 4.87. The van der Waals surface area contributed by atoms with Crippen LogP contribution in [0.15, 0.2) is 0 Å². The second-order valence-electron chi connectivity index (χ2n) is 4.26. The summed E-state index contributed by atoms with van der Waals surface area (Å²) in [4.78, 5) is 2.50. The maximum Gasteiger partial charge on any atom is 0.0364 e. The van der Waals surface area contributed by atoms with E-state index in [9.17, 15) is 0 Å². The van der Waals surface area contributed by atoms with E-state index in [2.05, 4.69) is 25.7 Å². The van der Waals surface area contributed by atoms with Crippen LogP contribution in [0.4, 0.5) is 0 Å². The number of hydrogen-bond donors (Lipinski definition) is 0. The Morgan fingerprint density at radius 2 is 1.69 bits per heavy atom. The Kier molecular flexibility index (Phi) is 4.79. The monoisotopic (exact) mass is 182 g/mol. The Bertz CT molecular complexity index is 123. The summed E-state index contributed by atoms with van der Waals surface area (Å²) in [5, 5.41) is 0. The molecule has 1 saturated carbocycles. The largest absolute Gasteiger partial charge is 0.297 e. The van der Waals surface area contributed by atoms with Crippen LogP contribution in [0.25, 0.3) is 0 Å². The first-order valence-electron chi connectivity index (χ1n) is 5.85. The molecule has 1 aliphatic carbocycles. The fraction of sp³-hybridized carbons (Fsp3) is 0.917. The first kappa shape index (κ1) is 11.0. The molecule has 1 nitrogen and oxygen atoms in total. The predicted octanol–water partition coefficient (Wildman–Crippen LogP) is 3.46. The summed E-state index contributed by atoms with van der Waals surface area (Å²) in [6, 6.07) is 1.61. The van der Waals surface area contributed by atoms with Crippen molar-refractivity contribution in [2.45, 2.75) is 52.9 Å². The van der Waals surface area contributed by atoms with E-state index in [1.807, 2.05) is 0 Å². The summed E-state index contributed by atoms with van der Waals surface area (Å²) >= 11 is 0. The van der Waals surface area contributed by atoms with Gasteiger partial charge in [-0.25, -0.2) is 0 Å². The molecule has 0 aliphatic heterocycles. The van der Waals surface area contributed by atoms with E-state index in [1.54, 1.807) is 6.04 Å². The molecule has 0 amide bonds. The van der Waals surface area contributed by atoms with Crippen molar-refractivity contribution < 1.29 is 0 Å². The second-order valence-corrected chi connectivity index (χ2v) is 4.26. The first-order valence-corrected chi connectivity index (χ1v) is 5.85. The van der Waals surface area contributed by atoms with E-state index in [4.69, 9.17) is 0 Å². The van der Waals surface area contributed by atoms with Gasteiger partial charge in [0.1, 0.15) is 0 Å². The Balaban J connectivity index is 2.25. The van der Waals surface area contributed by atoms with Crippen molar-refractivity contribution in [2.75, 3.05) is 13.1 Å². The fourth-order valence-corrected chi connectivity index (χ4v) is 2.52. The SMILES string of the molecule is CCN(CC)[C](C)CC1CCCC1. The zero-order chi connectivity index (χ0) is 9.68.